The molecule has 0 radical (unpaired) electrons. The Morgan fingerprint density at radius 3 is 2.41 bits per heavy atom. The molecular formula is C16H22N2O4. The number of nitrogens with zero attached hydrogens (tertiary/aromatic N) is 1. The maximum Gasteiger partial charge on any atom is 0.328 e. The molecule has 22 heavy (non-hydrogen) atoms. The molecule has 6 nitrogen and oxygen atoms in total. The molecule has 1 unspecified atom stereocenters. The van der Waals surface area contributed by atoms with Gasteiger partial charge in [-0.1, -0.05) is 12.1 Å². The van der Waals surface area contributed by atoms with Crippen LogP contribution < -0.4 is 10.6 Å². The van der Waals surface area contributed by atoms with Gasteiger partial charge in [0.05, 0.1) is 0 Å². The van der Waals surface area contributed by atoms with Crippen LogP contribution in [0.4, 0.5) is 5.69 Å². The van der Waals surface area contributed by atoms with Crippen molar-refractivity contribution in [1.82, 2.24) is 0 Å². The lowest BCUT2D eigenvalue weighted by atomic mass is 10.1. The van der Waals surface area contributed by atoms with Crippen molar-refractivity contribution in [2.24, 2.45) is 5.73 Å². The number of anilines is 1. The molecule has 1 atom stereocenters. The SMILES string of the molecule is Cc1ccc2c(c1)N(CC(C)N)CC2.O=C(O)C=CC(=O)O. The number of hydrogen-bond donors (Lipinski definition) is 3. The van der Waals surface area contributed by atoms with Crippen LogP contribution in [-0.4, -0.2) is 41.3 Å². The summed E-state index contributed by atoms with van der Waals surface area (Å²) in [7, 11) is 0. The van der Waals surface area contributed by atoms with E-state index < -0.39 is 11.9 Å². The molecule has 1 aliphatic heterocycles. The molecule has 0 aromatic heterocycles. The summed E-state index contributed by atoms with van der Waals surface area (Å²) in [5.41, 5.74) is 10.0. The number of carboxylic acids is 2. The highest BCUT2D eigenvalue weighted by atomic mass is 16.4. The van der Waals surface area contributed by atoms with E-state index in [2.05, 4.69) is 36.9 Å². The molecule has 2 rings (SSSR count). The molecule has 4 N–H and O–H groups in total. The van der Waals surface area contributed by atoms with Gasteiger partial charge in [-0.25, -0.2) is 9.59 Å². The average Bonchev–Trinajstić information content (AvgIpc) is 2.79. The second kappa shape index (κ2) is 8.19. The summed E-state index contributed by atoms with van der Waals surface area (Å²) in [4.78, 5) is 21.5. The van der Waals surface area contributed by atoms with Gasteiger partial charge < -0.3 is 20.8 Å². The fraction of sp³-hybridized carbons (Fsp3) is 0.375. The number of carboxylic acid groups (broad SMARTS) is 2. The maximum absolute atomic E-state index is 9.55. The number of aryl methyl sites for hydroxylation is 1. The van der Waals surface area contributed by atoms with Crippen LogP contribution in [0.2, 0.25) is 0 Å². The Morgan fingerprint density at radius 2 is 1.91 bits per heavy atom. The van der Waals surface area contributed by atoms with Crippen LogP contribution in [0.5, 0.6) is 0 Å². The Labute approximate surface area is 129 Å². The van der Waals surface area contributed by atoms with Crippen LogP contribution in [0, 0.1) is 6.92 Å². The zero-order valence-electron chi connectivity index (χ0n) is 12.8. The van der Waals surface area contributed by atoms with Gasteiger partial charge in [0.15, 0.2) is 0 Å². The van der Waals surface area contributed by atoms with E-state index >= 15 is 0 Å². The van der Waals surface area contributed by atoms with Crippen LogP contribution >= 0.6 is 0 Å². The predicted octanol–water partition coefficient (Wildman–Crippen LogP) is 1.42. The van der Waals surface area contributed by atoms with Crippen molar-refractivity contribution in [3.05, 3.63) is 41.5 Å². The van der Waals surface area contributed by atoms with Crippen molar-refractivity contribution in [3.63, 3.8) is 0 Å². The highest BCUT2D eigenvalue weighted by Crippen LogP contribution is 2.28. The standard InChI is InChI=1S/C12H18N2.C4H4O4/c1-9-3-4-11-5-6-14(8-10(2)13)12(11)7-9;5-3(6)1-2-4(7)8/h3-4,7,10H,5-6,8,13H2,1-2H3;1-2H,(H,5,6)(H,7,8). The molecule has 0 saturated carbocycles. The number of aliphatic carboxylic acids is 2. The molecule has 0 bridgehead atoms. The Balaban J connectivity index is 0.000000261. The minimum Gasteiger partial charge on any atom is -0.478 e. The minimum absolute atomic E-state index is 0.251. The number of hydrogen-bond acceptors (Lipinski definition) is 4. The minimum atomic E-state index is -1.26. The number of nitrogens with two attached hydrogens (primary N) is 1. The monoisotopic (exact) mass is 306 g/mol. The lowest BCUT2D eigenvalue weighted by Crippen LogP contribution is -2.34. The summed E-state index contributed by atoms with van der Waals surface area (Å²) in [6, 6.07) is 6.95. The van der Waals surface area contributed by atoms with Crippen LogP contribution in [0.1, 0.15) is 18.1 Å². The molecule has 6 heteroatoms. The highest BCUT2D eigenvalue weighted by Gasteiger charge is 2.19. The van der Waals surface area contributed by atoms with E-state index in [0.717, 1.165) is 13.1 Å². The van der Waals surface area contributed by atoms with E-state index in [9.17, 15) is 9.59 Å². The van der Waals surface area contributed by atoms with Gasteiger partial charge in [-0.2, -0.15) is 0 Å². The summed E-state index contributed by atoms with van der Waals surface area (Å²) < 4.78 is 0. The van der Waals surface area contributed by atoms with Gasteiger partial charge in [0, 0.05) is 37.0 Å². The third-order valence-corrected chi connectivity index (χ3v) is 3.11. The first-order valence-electron chi connectivity index (χ1n) is 7.03. The topological polar surface area (TPSA) is 104 Å². The maximum atomic E-state index is 9.55. The number of carbonyl (C=O) groups is 2. The molecule has 0 amide bonds. The fourth-order valence-electron chi connectivity index (χ4n) is 2.24. The first-order valence-corrected chi connectivity index (χ1v) is 7.03. The van der Waals surface area contributed by atoms with Gasteiger partial charge in [-0.15, -0.1) is 0 Å². The van der Waals surface area contributed by atoms with Crippen LogP contribution in [0.25, 0.3) is 0 Å². The second-order valence-corrected chi connectivity index (χ2v) is 5.32. The van der Waals surface area contributed by atoms with Gasteiger partial charge in [-0.3, -0.25) is 0 Å². The smallest absolute Gasteiger partial charge is 0.328 e. The van der Waals surface area contributed by atoms with E-state index in [4.69, 9.17) is 15.9 Å². The van der Waals surface area contributed by atoms with Gasteiger partial charge in [0.1, 0.15) is 0 Å². The van der Waals surface area contributed by atoms with Crippen molar-refractivity contribution in [2.45, 2.75) is 26.3 Å². The molecule has 0 aliphatic carbocycles. The lowest BCUT2D eigenvalue weighted by molar-refractivity contribution is -0.134. The van der Waals surface area contributed by atoms with Crippen molar-refractivity contribution in [3.8, 4) is 0 Å². The van der Waals surface area contributed by atoms with Crippen molar-refractivity contribution in [1.29, 1.82) is 0 Å². The van der Waals surface area contributed by atoms with Crippen molar-refractivity contribution in [2.75, 3.05) is 18.0 Å². The van der Waals surface area contributed by atoms with Crippen LogP contribution in [0.15, 0.2) is 30.4 Å². The first kappa shape index (κ1) is 17.7. The summed E-state index contributed by atoms with van der Waals surface area (Å²) in [6.45, 7) is 6.30. The van der Waals surface area contributed by atoms with Crippen molar-refractivity contribution >= 4 is 17.6 Å². The van der Waals surface area contributed by atoms with Crippen molar-refractivity contribution < 1.29 is 19.8 Å². The molecule has 0 fully saturated rings. The number of rotatable bonds is 4. The number of benzene rings is 1. The van der Waals surface area contributed by atoms with E-state index in [-0.39, 0.29) is 6.04 Å². The third kappa shape index (κ3) is 5.97. The van der Waals surface area contributed by atoms with Gasteiger partial charge in [0.2, 0.25) is 0 Å². The lowest BCUT2D eigenvalue weighted by Gasteiger charge is -2.21. The molecule has 0 spiro atoms. The van der Waals surface area contributed by atoms with Crippen LogP contribution in [0.3, 0.4) is 0 Å². The molecule has 1 heterocycles. The summed E-state index contributed by atoms with van der Waals surface area (Å²) in [6.07, 6.45) is 2.28. The normalized spacial score (nSPS) is 14.2. The fourth-order valence-corrected chi connectivity index (χ4v) is 2.24. The quantitative estimate of drug-likeness (QED) is 0.727. The van der Waals surface area contributed by atoms with Gasteiger partial charge in [-0.05, 0) is 37.5 Å². The van der Waals surface area contributed by atoms with Crippen LogP contribution in [-0.2, 0) is 16.0 Å². The van der Waals surface area contributed by atoms with Gasteiger partial charge in [0.25, 0.3) is 0 Å². The Hall–Kier alpha value is -2.34. The van der Waals surface area contributed by atoms with E-state index in [0.29, 0.717) is 12.2 Å². The van der Waals surface area contributed by atoms with E-state index in [1.807, 2.05) is 0 Å². The summed E-state index contributed by atoms with van der Waals surface area (Å²) in [5, 5.41) is 15.6. The van der Waals surface area contributed by atoms with E-state index in [1.165, 1.54) is 23.2 Å². The Morgan fingerprint density at radius 1 is 1.32 bits per heavy atom. The Kier molecular flexibility index (Phi) is 6.59. The van der Waals surface area contributed by atoms with E-state index in [1.54, 1.807) is 0 Å². The third-order valence-electron chi connectivity index (χ3n) is 3.11. The zero-order chi connectivity index (χ0) is 16.7. The molecular weight excluding hydrogens is 284 g/mol. The summed E-state index contributed by atoms with van der Waals surface area (Å²) >= 11 is 0. The number of fused-ring (bicyclic) bond motifs is 1. The molecule has 1 aromatic carbocycles. The second-order valence-electron chi connectivity index (χ2n) is 5.32. The molecule has 1 aromatic rings. The molecule has 120 valence electrons. The Bertz CT molecular complexity index is 551. The molecule has 1 aliphatic rings. The first-order chi connectivity index (χ1) is 10.3. The average molecular weight is 306 g/mol. The largest absolute Gasteiger partial charge is 0.478 e. The predicted molar refractivity (Wildman–Crippen MR) is 85.2 cm³/mol. The zero-order valence-corrected chi connectivity index (χ0v) is 12.8. The van der Waals surface area contributed by atoms with Gasteiger partial charge >= 0.3 is 11.9 Å². The summed E-state index contributed by atoms with van der Waals surface area (Å²) in [5.74, 6) is -2.51. The molecule has 0 saturated heterocycles. The highest BCUT2D eigenvalue weighted by molar-refractivity contribution is 5.89.